The van der Waals surface area contributed by atoms with Gasteiger partial charge >= 0.3 is 0 Å². The first kappa shape index (κ1) is 14.7. The third kappa shape index (κ3) is 3.23. The lowest BCUT2D eigenvalue weighted by Crippen LogP contribution is -2.03. The van der Waals surface area contributed by atoms with Crippen molar-refractivity contribution in [2.24, 2.45) is 0 Å². The van der Waals surface area contributed by atoms with Gasteiger partial charge in [0, 0.05) is 17.6 Å². The van der Waals surface area contributed by atoms with Gasteiger partial charge in [-0.05, 0) is 12.1 Å². The second-order valence-electron chi connectivity index (χ2n) is 3.67. The molecule has 10 heteroatoms. The smallest absolute Gasteiger partial charge is 0.261 e. The van der Waals surface area contributed by atoms with Gasteiger partial charge in [0.2, 0.25) is 11.7 Å². The molecule has 108 valence electrons. The maximum atomic E-state index is 13.6. The van der Waals surface area contributed by atoms with E-state index in [1.54, 1.807) is 0 Å². The van der Waals surface area contributed by atoms with Gasteiger partial charge in [-0.1, -0.05) is 5.16 Å². The van der Waals surface area contributed by atoms with Crippen LogP contribution in [-0.4, -0.2) is 18.6 Å². The SMILES string of the molecule is Cc1nc(COc2c(F)cc(S(=O)(=O)Cl)cc2F)no1. The fraction of sp³-hybridized carbons (Fsp3) is 0.200. The Morgan fingerprint density at radius 2 is 1.95 bits per heavy atom. The summed E-state index contributed by atoms with van der Waals surface area (Å²) in [6.07, 6.45) is 0. The van der Waals surface area contributed by atoms with E-state index in [2.05, 4.69) is 14.7 Å². The monoisotopic (exact) mass is 324 g/mol. The van der Waals surface area contributed by atoms with Crippen molar-refractivity contribution in [3.63, 3.8) is 0 Å². The predicted octanol–water partition coefficient (Wildman–Crippen LogP) is 2.16. The number of aryl methyl sites for hydroxylation is 1. The molecule has 0 fully saturated rings. The Kier molecular flexibility index (Phi) is 3.91. The van der Waals surface area contributed by atoms with Crippen LogP contribution in [0.4, 0.5) is 8.78 Å². The highest BCUT2D eigenvalue weighted by Gasteiger charge is 2.19. The largest absolute Gasteiger partial charge is 0.479 e. The molecule has 0 aliphatic rings. The second kappa shape index (κ2) is 5.33. The minimum atomic E-state index is -4.23. The zero-order chi connectivity index (χ0) is 14.9. The molecule has 0 bridgehead atoms. The Hall–Kier alpha value is -1.74. The molecule has 0 radical (unpaired) electrons. The standard InChI is InChI=1S/C10H7ClF2N2O4S/c1-5-14-9(15-19-5)4-18-10-7(12)2-6(3-8(10)13)20(11,16)17/h2-3H,4H2,1H3. The molecule has 0 saturated heterocycles. The third-order valence-corrected chi connectivity index (χ3v) is 3.50. The number of hydrogen-bond acceptors (Lipinski definition) is 6. The van der Waals surface area contributed by atoms with E-state index in [1.165, 1.54) is 6.92 Å². The molecule has 0 aliphatic heterocycles. The predicted molar refractivity (Wildman–Crippen MR) is 62.8 cm³/mol. The van der Waals surface area contributed by atoms with Crippen molar-refractivity contribution in [2.75, 3.05) is 0 Å². The summed E-state index contributed by atoms with van der Waals surface area (Å²) in [6.45, 7) is 1.20. The van der Waals surface area contributed by atoms with Gasteiger partial charge in [0.05, 0.1) is 4.90 Å². The van der Waals surface area contributed by atoms with Crippen molar-refractivity contribution >= 4 is 19.7 Å². The molecule has 0 aliphatic carbocycles. The highest BCUT2D eigenvalue weighted by atomic mass is 35.7. The molecule has 0 N–H and O–H groups in total. The maximum Gasteiger partial charge on any atom is 0.261 e. The number of nitrogens with zero attached hydrogens (tertiary/aromatic N) is 2. The first-order chi connectivity index (χ1) is 9.27. The minimum absolute atomic E-state index is 0.0929. The van der Waals surface area contributed by atoms with Crippen molar-refractivity contribution in [1.29, 1.82) is 0 Å². The Labute approximate surface area is 116 Å². The fourth-order valence-electron chi connectivity index (χ4n) is 1.35. The van der Waals surface area contributed by atoms with Crippen LogP contribution in [0.1, 0.15) is 11.7 Å². The number of hydrogen-bond donors (Lipinski definition) is 0. The molecule has 0 amide bonds. The molecule has 1 aromatic heterocycles. The van der Waals surface area contributed by atoms with Crippen LogP contribution < -0.4 is 4.74 Å². The lowest BCUT2D eigenvalue weighted by molar-refractivity contribution is 0.258. The zero-order valence-electron chi connectivity index (χ0n) is 9.93. The van der Waals surface area contributed by atoms with E-state index in [4.69, 9.17) is 15.4 Å². The zero-order valence-corrected chi connectivity index (χ0v) is 11.5. The molecular formula is C10H7ClF2N2O4S. The van der Waals surface area contributed by atoms with Crippen molar-refractivity contribution in [2.45, 2.75) is 18.4 Å². The van der Waals surface area contributed by atoms with E-state index in [9.17, 15) is 17.2 Å². The van der Waals surface area contributed by atoms with E-state index in [-0.39, 0.29) is 18.3 Å². The minimum Gasteiger partial charge on any atom is -0.479 e. The van der Waals surface area contributed by atoms with Crippen LogP contribution in [0.3, 0.4) is 0 Å². The van der Waals surface area contributed by atoms with E-state index in [0.29, 0.717) is 12.1 Å². The second-order valence-corrected chi connectivity index (χ2v) is 6.24. The van der Waals surface area contributed by atoms with Crippen LogP contribution >= 0.6 is 10.7 Å². The number of benzene rings is 1. The summed E-state index contributed by atoms with van der Waals surface area (Å²) in [6, 6.07) is 1.12. The molecule has 2 aromatic rings. The van der Waals surface area contributed by atoms with Crippen molar-refractivity contribution in [1.82, 2.24) is 10.1 Å². The summed E-state index contributed by atoms with van der Waals surface area (Å²) in [5, 5.41) is 3.47. The molecule has 0 spiro atoms. The third-order valence-electron chi connectivity index (χ3n) is 2.17. The number of aromatic nitrogens is 2. The Morgan fingerprint density at radius 3 is 2.40 bits per heavy atom. The summed E-state index contributed by atoms with van der Waals surface area (Å²) in [4.78, 5) is 3.08. The van der Waals surface area contributed by atoms with Gasteiger partial charge in [-0.3, -0.25) is 0 Å². The molecular weight excluding hydrogens is 318 g/mol. The molecule has 1 aromatic carbocycles. The highest BCUT2D eigenvalue weighted by Crippen LogP contribution is 2.27. The Bertz CT molecular complexity index is 724. The summed E-state index contributed by atoms with van der Waals surface area (Å²) in [5.74, 6) is -2.80. The topological polar surface area (TPSA) is 82.3 Å². The molecule has 0 unspecified atom stereocenters. The van der Waals surface area contributed by atoms with Gasteiger partial charge in [-0.15, -0.1) is 0 Å². The lowest BCUT2D eigenvalue weighted by atomic mass is 10.3. The summed E-state index contributed by atoms with van der Waals surface area (Å²) in [5.41, 5.74) is 0. The van der Waals surface area contributed by atoms with Crippen molar-refractivity contribution in [3.8, 4) is 5.75 Å². The van der Waals surface area contributed by atoms with Gasteiger partial charge in [0.15, 0.2) is 24.0 Å². The quantitative estimate of drug-likeness (QED) is 0.802. The van der Waals surface area contributed by atoms with Crippen LogP contribution in [0.15, 0.2) is 21.6 Å². The lowest BCUT2D eigenvalue weighted by Gasteiger charge is -2.07. The Balaban J connectivity index is 2.25. The summed E-state index contributed by atoms with van der Waals surface area (Å²) >= 11 is 0. The number of halogens is 3. The van der Waals surface area contributed by atoms with Crippen LogP contribution in [0.25, 0.3) is 0 Å². The van der Waals surface area contributed by atoms with Crippen LogP contribution in [0, 0.1) is 18.6 Å². The van der Waals surface area contributed by atoms with Crippen molar-refractivity contribution < 1.29 is 26.5 Å². The van der Waals surface area contributed by atoms with Crippen LogP contribution in [0.5, 0.6) is 5.75 Å². The molecule has 20 heavy (non-hydrogen) atoms. The fourth-order valence-corrected chi connectivity index (χ4v) is 2.11. The normalized spacial score (nSPS) is 11.6. The summed E-state index contributed by atoms with van der Waals surface area (Å²) < 4.78 is 58.7. The molecule has 2 rings (SSSR count). The van der Waals surface area contributed by atoms with E-state index in [1.807, 2.05) is 0 Å². The summed E-state index contributed by atoms with van der Waals surface area (Å²) in [7, 11) is 0.765. The van der Waals surface area contributed by atoms with Crippen molar-refractivity contribution in [3.05, 3.63) is 35.5 Å². The van der Waals surface area contributed by atoms with Crippen LogP contribution in [-0.2, 0) is 15.7 Å². The maximum absolute atomic E-state index is 13.6. The molecule has 0 atom stereocenters. The average molecular weight is 325 g/mol. The van der Waals surface area contributed by atoms with E-state index < -0.39 is 31.3 Å². The van der Waals surface area contributed by atoms with Gasteiger partial charge in [0.1, 0.15) is 0 Å². The Morgan fingerprint density at radius 1 is 1.35 bits per heavy atom. The number of rotatable bonds is 4. The first-order valence-corrected chi connectivity index (χ1v) is 7.44. The van der Waals surface area contributed by atoms with E-state index in [0.717, 1.165) is 0 Å². The van der Waals surface area contributed by atoms with Gasteiger partial charge in [-0.25, -0.2) is 17.2 Å². The van der Waals surface area contributed by atoms with Gasteiger partial charge in [-0.2, -0.15) is 4.98 Å². The van der Waals surface area contributed by atoms with Crippen LogP contribution in [0.2, 0.25) is 0 Å². The average Bonchev–Trinajstić information content (AvgIpc) is 2.72. The molecule has 0 saturated carbocycles. The van der Waals surface area contributed by atoms with Gasteiger partial charge in [0.25, 0.3) is 9.05 Å². The number of ether oxygens (including phenoxy) is 1. The molecule has 6 nitrogen and oxygen atoms in total. The van der Waals surface area contributed by atoms with E-state index >= 15 is 0 Å². The van der Waals surface area contributed by atoms with Gasteiger partial charge < -0.3 is 9.26 Å². The molecule has 1 heterocycles. The highest BCUT2D eigenvalue weighted by molar-refractivity contribution is 8.13. The first-order valence-electron chi connectivity index (χ1n) is 5.13.